The van der Waals surface area contributed by atoms with Gasteiger partial charge in [-0.3, -0.25) is 0 Å². The van der Waals surface area contributed by atoms with Gasteiger partial charge in [0.15, 0.2) is 0 Å². The van der Waals surface area contributed by atoms with Gasteiger partial charge in [-0.15, -0.1) is 11.3 Å². The van der Waals surface area contributed by atoms with Crippen molar-refractivity contribution in [3.63, 3.8) is 0 Å². The van der Waals surface area contributed by atoms with Gasteiger partial charge in [-0.1, -0.05) is 6.07 Å². The molecular formula is C15H18N2OS. The van der Waals surface area contributed by atoms with Crippen molar-refractivity contribution in [3.8, 4) is 5.88 Å². The van der Waals surface area contributed by atoms with E-state index in [1.165, 1.54) is 29.0 Å². The van der Waals surface area contributed by atoms with Crippen molar-refractivity contribution in [1.82, 2.24) is 4.98 Å². The molecule has 0 amide bonds. The first-order valence-electron chi connectivity index (χ1n) is 6.73. The molecule has 100 valence electrons. The van der Waals surface area contributed by atoms with Gasteiger partial charge in [0, 0.05) is 22.7 Å². The Balaban J connectivity index is 1.82. The maximum atomic E-state index is 5.86. The van der Waals surface area contributed by atoms with Crippen molar-refractivity contribution >= 4 is 11.3 Å². The van der Waals surface area contributed by atoms with Crippen LogP contribution in [0.3, 0.4) is 0 Å². The van der Waals surface area contributed by atoms with Gasteiger partial charge >= 0.3 is 0 Å². The summed E-state index contributed by atoms with van der Waals surface area (Å²) in [6, 6.07) is 6.30. The number of nitrogens with two attached hydrogens (primary N) is 1. The highest BCUT2D eigenvalue weighted by molar-refractivity contribution is 7.09. The molecule has 4 heteroatoms. The zero-order valence-electron chi connectivity index (χ0n) is 10.9. The fourth-order valence-corrected chi connectivity index (χ4v) is 3.08. The Kier molecular flexibility index (Phi) is 3.80. The topological polar surface area (TPSA) is 48.1 Å². The van der Waals surface area contributed by atoms with Crippen LogP contribution in [0, 0.1) is 0 Å². The van der Waals surface area contributed by atoms with Gasteiger partial charge in [-0.2, -0.15) is 0 Å². The van der Waals surface area contributed by atoms with Gasteiger partial charge in [0.2, 0.25) is 5.88 Å². The number of ether oxygens (including phenoxy) is 1. The number of hydrogen-bond donors (Lipinski definition) is 1. The average Bonchev–Trinajstić information content (AvgIpc) is 2.97. The molecule has 2 aromatic heterocycles. The lowest BCUT2D eigenvalue weighted by molar-refractivity contribution is 0.292. The number of fused-ring (bicyclic) bond motifs is 1. The summed E-state index contributed by atoms with van der Waals surface area (Å²) in [6.07, 6.45) is 4.68. The minimum Gasteiger partial charge on any atom is -0.472 e. The molecular weight excluding hydrogens is 256 g/mol. The third kappa shape index (κ3) is 2.80. The van der Waals surface area contributed by atoms with E-state index in [9.17, 15) is 0 Å². The Morgan fingerprint density at radius 1 is 1.32 bits per heavy atom. The fourth-order valence-electron chi connectivity index (χ4n) is 2.47. The molecule has 2 N–H and O–H groups in total. The molecule has 1 aliphatic carbocycles. The quantitative estimate of drug-likeness (QED) is 0.932. The van der Waals surface area contributed by atoms with E-state index in [1.807, 2.05) is 6.07 Å². The maximum absolute atomic E-state index is 5.86. The molecule has 0 spiro atoms. The molecule has 0 radical (unpaired) electrons. The number of hydrogen-bond acceptors (Lipinski definition) is 4. The molecule has 0 bridgehead atoms. The highest BCUT2D eigenvalue weighted by atomic mass is 32.1. The average molecular weight is 274 g/mol. The summed E-state index contributed by atoms with van der Waals surface area (Å²) < 4.78 is 5.86. The zero-order valence-corrected chi connectivity index (χ0v) is 11.7. The third-order valence-corrected chi connectivity index (χ3v) is 4.34. The minimum absolute atomic E-state index is 0.486. The van der Waals surface area contributed by atoms with Crippen LogP contribution in [0.4, 0.5) is 0 Å². The number of thiophene rings is 1. The molecule has 0 atom stereocenters. The summed E-state index contributed by atoms with van der Waals surface area (Å²) in [5.74, 6) is 0.719. The van der Waals surface area contributed by atoms with Crippen LogP contribution in [0.2, 0.25) is 0 Å². The Hall–Kier alpha value is -1.39. The fraction of sp³-hybridized carbons (Fsp3) is 0.400. The first kappa shape index (κ1) is 12.6. The predicted octanol–water partition coefficient (Wildman–Crippen LogP) is 3.06. The van der Waals surface area contributed by atoms with Crippen molar-refractivity contribution in [3.05, 3.63) is 45.3 Å². The molecule has 0 fully saturated rings. The highest BCUT2D eigenvalue weighted by Gasteiger charge is 2.15. The monoisotopic (exact) mass is 274 g/mol. The molecule has 0 saturated heterocycles. The summed E-state index contributed by atoms with van der Waals surface area (Å²) in [4.78, 5) is 5.90. The van der Waals surface area contributed by atoms with Gasteiger partial charge < -0.3 is 10.5 Å². The number of pyridine rings is 1. The minimum atomic E-state index is 0.486. The Morgan fingerprint density at radius 3 is 3.00 bits per heavy atom. The van der Waals surface area contributed by atoms with Crippen LogP contribution in [-0.4, -0.2) is 4.98 Å². The van der Waals surface area contributed by atoms with Crippen molar-refractivity contribution in [2.75, 3.05) is 0 Å². The first-order valence-corrected chi connectivity index (χ1v) is 7.61. The van der Waals surface area contributed by atoms with Crippen LogP contribution < -0.4 is 10.5 Å². The van der Waals surface area contributed by atoms with Gasteiger partial charge in [0.1, 0.15) is 6.61 Å². The van der Waals surface area contributed by atoms with Crippen LogP contribution in [0.25, 0.3) is 0 Å². The third-order valence-electron chi connectivity index (χ3n) is 3.49. The second-order valence-electron chi connectivity index (χ2n) is 4.84. The van der Waals surface area contributed by atoms with Crippen LogP contribution in [-0.2, 0) is 26.0 Å². The van der Waals surface area contributed by atoms with Crippen LogP contribution in [0.1, 0.15) is 34.5 Å². The summed E-state index contributed by atoms with van der Waals surface area (Å²) in [7, 11) is 0. The summed E-state index contributed by atoms with van der Waals surface area (Å²) in [5.41, 5.74) is 9.40. The molecule has 1 aliphatic rings. The van der Waals surface area contributed by atoms with E-state index in [2.05, 4.69) is 22.5 Å². The normalized spacial score (nSPS) is 14.2. The lowest BCUT2D eigenvalue weighted by Crippen LogP contribution is -2.11. The van der Waals surface area contributed by atoms with Crippen LogP contribution in [0.15, 0.2) is 23.6 Å². The molecule has 3 rings (SSSR count). The lowest BCUT2D eigenvalue weighted by atomic mass is 9.95. The van der Waals surface area contributed by atoms with E-state index < -0.39 is 0 Å². The van der Waals surface area contributed by atoms with E-state index in [-0.39, 0.29) is 0 Å². The largest absolute Gasteiger partial charge is 0.472 e. The summed E-state index contributed by atoms with van der Waals surface area (Å²) >= 11 is 1.70. The maximum Gasteiger partial charge on any atom is 0.218 e. The number of nitrogens with zero attached hydrogens (tertiary/aromatic N) is 1. The van der Waals surface area contributed by atoms with Crippen molar-refractivity contribution in [2.45, 2.75) is 38.8 Å². The van der Waals surface area contributed by atoms with E-state index >= 15 is 0 Å². The van der Waals surface area contributed by atoms with Gasteiger partial charge in [-0.25, -0.2) is 4.98 Å². The van der Waals surface area contributed by atoms with Crippen molar-refractivity contribution in [2.24, 2.45) is 5.73 Å². The summed E-state index contributed by atoms with van der Waals surface area (Å²) in [6.45, 7) is 1.07. The zero-order chi connectivity index (χ0) is 13.1. The van der Waals surface area contributed by atoms with E-state index in [4.69, 9.17) is 10.5 Å². The van der Waals surface area contributed by atoms with Crippen LogP contribution >= 0.6 is 11.3 Å². The number of rotatable bonds is 4. The van der Waals surface area contributed by atoms with E-state index in [0.717, 1.165) is 24.3 Å². The Morgan fingerprint density at radius 2 is 2.21 bits per heavy atom. The molecule has 0 aliphatic heterocycles. The smallest absolute Gasteiger partial charge is 0.218 e. The second-order valence-corrected chi connectivity index (χ2v) is 5.87. The standard InChI is InChI=1S/C15H18N2OS/c16-9-12-8-11-4-1-2-6-14(11)17-15(12)18-10-13-5-3-7-19-13/h3,5,7-8H,1-2,4,6,9-10,16H2. The lowest BCUT2D eigenvalue weighted by Gasteiger charge is -2.18. The van der Waals surface area contributed by atoms with Gasteiger partial charge in [0.25, 0.3) is 0 Å². The number of aryl methyl sites for hydroxylation is 2. The molecule has 0 unspecified atom stereocenters. The molecule has 3 nitrogen and oxygen atoms in total. The van der Waals surface area contributed by atoms with E-state index in [0.29, 0.717) is 13.2 Å². The molecule has 0 saturated carbocycles. The SMILES string of the molecule is NCc1cc2c(nc1OCc1cccs1)CCCC2. The number of aromatic nitrogens is 1. The Bertz CT molecular complexity index is 552. The predicted molar refractivity (Wildman–Crippen MR) is 77.4 cm³/mol. The molecule has 19 heavy (non-hydrogen) atoms. The van der Waals surface area contributed by atoms with Gasteiger partial charge in [-0.05, 0) is 48.8 Å². The van der Waals surface area contributed by atoms with Crippen molar-refractivity contribution in [1.29, 1.82) is 0 Å². The van der Waals surface area contributed by atoms with Crippen molar-refractivity contribution < 1.29 is 4.74 Å². The first-order chi connectivity index (χ1) is 9.36. The van der Waals surface area contributed by atoms with Crippen LogP contribution in [0.5, 0.6) is 5.88 Å². The molecule has 2 aromatic rings. The Labute approximate surface area is 117 Å². The molecule has 0 aromatic carbocycles. The summed E-state index contributed by atoms with van der Waals surface area (Å²) in [5, 5.41) is 2.06. The highest BCUT2D eigenvalue weighted by Crippen LogP contribution is 2.26. The van der Waals surface area contributed by atoms with E-state index in [1.54, 1.807) is 11.3 Å². The molecule has 2 heterocycles. The second kappa shape index (κ2) is 5.72. The van der Waals surface area contributed by atoms with Gasteiger partial charge in [0.05, 0.1) is 0 Å².